The van der Waals surface area contributed by atoms with E-state index in [0.717, 1.165) is 36.1 Å². The van der Waals surface area contributed by atoms with Crippen LogP contribution < -0.4 is 10.6 Å². The molecular formula is C20H27FN2O2S. The minimum Gasteiger partial charge on any atom is -0.459 e. The van der Waals surface area contributed by atoms with Crippen LogP contribution in [0.15, 0.2) is 18.2 Å². The van der Waals surface area contributed by atoms with E-state index >= 15 is 4.39 Å². The molecule has 142 valence electrons. The van der Waals surface area contributed by atoms with Crippen molar-refractivity contribution in [3.63, 3.8) is 0 Å². The van der Waals surface area contributed by atoms with Gasteiger partial charge in [0.05, 0.1) is 6.54 Å². The van der Waals surface area contributed by atoms with Crippen LogP contribution >= 0.6 is 12.2 Å². The fraction of sp³-hybridized carbons (Fsp3) is 0.600. The van der Waals surface area contributed by atoms with Crippen LogP contribution in [0.2, 0.25) is 0 Å². The molecule has 6 heteroatoms. The Morgan fingerprint density at radius 2 is 2.23 bits per heavy atom. The summed E-state index contributed by atoms with van der Waals surface area (Å²) < 4.78 is 20.4. The Labute approximate surface area is 159 Å². The Morgan fingerprint density at radius 1 is 1.46 bits per heavy atom. The summed E-state index contributed by atoms with van der Waals surface area (Å²) in [6.07, 6.45) is 3.01. The van der Waals surface area contributed by atoms with E-state index in [4.69, 9.17) is 17.0 Å². The zero-order valence-corrected chi connectivity index (χ0v) is 16.5. The number of anilines is 1. The third-order valence-corrected chi connectivity index (χ3v) is 5.43. The Balaban J connectivity index is 1.56. The number of alkyl halides is 1. The monoisotopic (exact) mass is 378 g/mol. The zero-order chi connectivity index (χ0) is 18.9. The molecule has 1 aromatic rings. The lowest BCUT2D eigenvalue weighted by Crippen LogP contribution is -2.43. The second-order valence-electron chi connectivity index (χ2n) is 8.20. The Morgan fingerprint density at radius 3 is 2.96 bits per heavy atom. The van der Waals surface area contributed by atoms with Crippen LogP contribution in [0.4, 0.5) is 10.1 Å². The fourth-order valence-electron chi connectivity index (χ4n) is 3.84. The molecule has 0 amide bonds. The molecule has 0 radical (unpaired) electrons. The normalized spacial score (nSPS) is 24.6. The van der Waals surface area contributed by atoms with Crippen LogP contribution in [0.3, 0.4) is 0 Å². The maximum absolute atomic E-state index is 15.1. The molecule has 2 N–H and O–H groups in total. The number of hydrogen-bond acceptors (Lipinski definition) is 4. The number of carbonyl (C=O) groups is 1. The van der Waals surface area contributed by atoms with Crippen LogP contribution in [0.1, 0.15) is 57.1 Å². The van der Waals surface area contributed by atoms with E-state index in [1.807, 2.05) is 32.9 Å². The summed E-state index contributed by atoms with van der Waals surface area (Å²) >= 11 is 5.30. The average Bonchev–Trinajstić information content (AvgIpc) is 2.94. The van der Waals surface area contributed by atoms with Gasteiger partial charge in [-0.05, 0) is 70.2 Å². The van der Waals surface area contributed by atoms with Crippen LogP contribution in [-0.2, 0) is 16.0 Å². The van der Waals surface area contributed by atoms with E-state index in [2.05, 4.69) is 16.7 Å². The predicted octanol–water partition coefficient (Wildman–Crippen LogP) is 3.89. The first kappa shape index (κ1) is 19.2. The van der Waals surface area contributed by atoms with Crippen LogP contribution in [0.5, 0.6) is 0 Å². The second-order valence-corrected chi connectivity index (χ2v) is 8.60. The van der Waals surface area contributed by atoms with E-state index in [1.165, 1.54) is 0 Å². The van der Waals surface area contributed by atoms with Gasteiger partial charge in [0.15, 0.2) is 5.67 Å². The number of fused-ring (bicyclic) bond motifs is 3. The molecule has 2 atom stereocenters. The molecule has 4 nitrogen and oxygen atoms in total. The minimum atomic E-state index is -1.38. The molecule has 0 spiro atoms. The number of thiocarbonyl (C=S) groups is 1. The smallest absolute Gasteiger partial charge is 0.320 e. The van der Waals surface area contributed by atoms with Gasteiger partial charge in [0, 0.05) is 11.6 Å². The summed E-state index contributed by atoms with van der Waals surface area (Å²) in [4.78, 5) is 12.0. The molecule has 1 fully saturated rings. The number of hydrogen-bond donors (Lipinski definition) is 2. The molecule has 26 heavy (non-hydrogen) atoms. The highest BCUT2D eigenvalue weighted by Crippen LogP contribution is 2.51. The summed E-state index contributed by atoms with van der Waals surface area (Å²) in [6, 6.07) is 6.12. The number of carbonyl (C=O) groups excluding carboxylic acids is 1. The highest BCUT2D eigenvalue weighted by molar-refractivity contribution is 7.80. The predicted molar refractivity (Wildman–Crippen MR) is 106 cm³/mol. The van der Waals surface area contributed by atoms with Crippen molar-refractivity contribution in [2.24, 2.45) is 0 Å². The van der Waals surface area contributed by atoms with E-state index in [-0.39, 0.29) is 18.4 Å². The minimum absolute atomic E-state index is 0.120. The van der Waals surface area contributed by atoms with Crippen LogP contribution in [-0.4, -0.2) is 35.3 Å². The molecule has 1 heterocycles. The molecule has 1 aliphatic heterocycles. The number of ether oxygens (including phenoxy) is 1. The molecule has 1 aromatic carbocycles. The van der Waals surface area contributed by atoms with Gasteiger partial charge in [-0.2, -0.15) is 0 Å². The third-order valence-electron chi connectivity index (χ3n) is 4.98. The lowest BCUT2D eigenvalue weighted by Gasteiger charge is -2.35. The number of benzene rings is 1. The number of rotatable bonds is 5. The quantitative estimate of drug-likeness (QED) is 0.462. The number of halogens is 1. The summed E-state index contributed by atoms with van der Waals surface area (Å²) in [5.41, 5.74) is 1.25. The largest absolute Gasteiger partial charge is 0.459 e. The molecule has 1 aliphatic carbocycles. The van der Waals surface area contributed by atoms with E-state index in [0.29, 0.717) is 18.0 Å². The van der Waals surface area contributed by atoms with Gasteiger partial charge >= 0.3 is 5.97 Å². The number of esters is 1. The topological polar surface area (TPSA) is 50.4 Å². The van der Waals surface area contributed by atoms with Gasteiger partial charge in [0.2, 0.25) is 0 Å². The highest BCUT2D eigenvalue weighted by atomic mass is 32.1. The van der Waals surface area contributed by atoms with E-state index in [1.54, 1.807) is 0 Å². The van der Waals surface area contributed by atoms with Crippen molar-refractivity contribution in [1.29, 1.82) is 0 Å². The first-order chi connectivity index (χ1) is 12.2. The van der Waals surface area contributed by atoms with Gasteiger partial charge in [-0.25, -0.2) is 4.39 Å². The van der Waals surface area contributed by atoms with Crippen molar-refractivity contribution >= 4 is 28.9 Å². The molecule has 0 aromatic heterocycles. The number of nitrogens with one attached hydrogen (secondary N) is 2. The lowest BCUT2D eigenvalue weighted by atomic mass is 9.81. The molecule has 2 unspecified atom stereocenters. The maximum Gasteiger partial charge on any atom is 0.320 e. The summed E-state index contributed by atoms with van der Waals surface area (Å²) in [6.45, 7) is 6.42. The van der Waals surface area contributed by atoms with Gasteiger partial charge < -0.3 is 15.4 Å². The van der Waals surface area contributed by atoms with Crippen LogP contribution in [0.25, 0.3) is 0 Å². The van der Waals surface area contributed by atoms with E-state index in [9.17, 15) is 4.79 Å². The van der Waals surface area contributed by atoms with Crippen molar-refractivity contribution < 1.29 is 13.9 Å². The van der Waals surface area contributed by atoms with Crippen molar-refractivity contribution in [3.05, 3.63) is 29.3 Å². The zero-order valence-electron chi connectivity index (χ0n) is 15.7. The first-order valence-electron chi connectivity index (χ1n) is 9.25. The molecule has 0 saturated heterocycles. The molecular weight excluding hydrogens is 351 g/mol. The lowest BCUT2D eigenvalue weighted by molar-refractivity contribution is -0.153. The molecule has 2 aliphatic rings. The Bertz CT molecular complexity index is 716. The summed E-state index contributed by atoms with van der Waals surface area (Å²) in [5, 5.41) is 6.22. The fourth-order valence-corrected chi connectivity index (χ4v) is 4.19. The SMILES string of the molecule is CC(C)(C)OC(=O)CNCCc1ccc2c(c1)NC(=S)C1(F)CCCC21. The van der Waals surface area contributed by atoms with E-state index < -0.39 is 11.3 Å². The highest BCUT2D eigenvalue weighted by Gasteiger charge is 2.51. The van der Waals surface area contributed by atoms with Crippen molar-refractivity contribution in [1.82, 2.24) is 5.32 Å². The van der Waals surface area contributed by atoms with Crippen molar-refractivity contribution in [3.8, 4) is 0 Å². The first-order valence-corrected chi connectivity index (χ1v) is 9.66. The van der Waals surface area contributed by atoms with Crippen molar-refractivity contribution in [2.75, 3.05) is 18.4 Å². The molecule has 3 rings (SSSR count). The van der Waals surface area contributed by atoms with Crippen molar-refractivity contribution in [2.45, 2.75) is 63.6 Å². The van der Waals surface area contributed by atoms with Gasteiger partial charge in [-0.1, -0.05) is 24.4 Å². The Kier molecular flexibility index (Phi) is 5.35. The summed E-state index contributed by atoms with van der Waals surface area (Å²) in [7, 11) is 0. The van der Waals surface area contributed by atoms with Gasteiger partial charge in [-0.3, -0.25) is 4.79 Å². The Hall–Kier alpha value is -1.53. The standard InChI is InChI=1S/C20H27FN2O2S/c1-19(2,3)25-17(24)12-22-10-8-13-6-7-14-15-5-4-9-20(15,21)18(26)23-16(14)11-13/h6-7,11,15,22H,4-5,8-10,12H2,1-3H3,(H,23,26). The summed E-state index contributed by atoms with van der Waals surface area (Å²) in [5.74, 6) is -0.374. The van der Waals surface area contributed by atoms with Gasteiger partial charge in [0.25, 0.3) is 0 Å². The van der Waals surface area contributed by atoms with Gasteiger partial charge in [-0.15, -0.1) is 0 Å². The molecule has 0 bridgehead atoms. The average molecular weight is 379 g/mol. The molecule has 1 saturated carbocycles. The van der Waals surface area contributed by atoms with Crippen LogP contribution in [0, 0.1) is 0 Å². The van der Waals surface area contributed by atoms with Gasteiger partial charge in [0.1, 0.15) is 10.6 Å². The second kappa shape index (κ2) is 7.24. The third kappa shape index (κ3) is 4.07. The maximum atomic E-state index is 15.1.